The minimum absolute atomic E-state index is 0.0510. The average Bonchev–Trinajstić information content (AvgIpc) is 2.76. The number of hydrogen-bond acceptors (Lipinski definition) is 4. The summed E-state index contributed by atoms with van der Waals surface area (Å²) in [5.41, 5.74) is -0.857. The molecular weight excluding hydrogens is 333 g/mol. The van der Waals surface area contributed by atoms with Crippen molar-refractivity contribution < 1.29 is 31.1 Å². The Morgan fingerprint density at radius 1 is 1.30 bits per heavy atom. The number of rotatable bonds is 3. The van der Waals surface area contributed by atoms with Gasteiger partial charge in [0, 0.05) is 6.08 Å². The lowest BCUT2D eigenvalue weighted by atomic mass is 10.0. The van der Waals surface area contributed by atoms with E-state index < -0.39 is 33.7 Å². The number of ether oxygens (including phenoxy) is 1. The third-order valence-electron chi connectivity index (χ3n) is 3.47. The lowest BCUT2D eigenvalue weighted by molar-refractivity contribution is -0.142. The second-order valence-electron chi connectivity index (χ2n) is 5.33. The summed E-state index contributed by atoms with van der Waals surface area (Å²) < 4.78 is 66.4. The van der Waals surface area contributed by atoms with Crippen LogP contribution in [0.15, 0.2) is 30.3 Å². The van der Waals surface area contributed by atoms with E-state index >= 15 is 0 Å². The molecule has 1 aromatic carbocycles. The smallest absolute Gasteiger partial charge is 0.416 e. The number of benzene rings is 1. The first-order chi connectivity index (χ1) is 10.6. The Kier molecular flexibility index (Phi) is 4.84. The van der Waals surface area contributed by atoms with Gasteiger partial charge >= 0.3 is 12.1 Å². The minimum atomic E-state index is -4.53. The molecule has 0 spiro atoms. The highest BCUT2D eigenvalue weighted by Crippen LogP contribution is 2.34. The fourth-order valence-electron chi connectivity index (χ4n) is 2.38. The van der Waals surface area contributed by atoms with Crippen LogP contribution >= 0.6 is 0 Å². The molecule has 1 atom stereocenters. The molecule has 1 aromatic rings. The van der Waals surface area contributed by atoms with E-state index in [9.17, 15) is 26.4 Å². The van der Waals surface area contributed by atoms with Crippen molar-refractivity contribution in [1.29, 1.82) is 0 Å². The monoisotopic (exact) mass is 348 g/mol. The van der Waals surface area contributed by atoms with Crippen LogP contribution < -0.4 is 0 Å². The van der Waals surface area contributed by atoms with Crippen LogP contribution in [0.25, 0.3) is 5.57 Å². The first kappa shape index (κ1) is 17.5. The van der Waals surface area contributed by atoms with Crippen LogP contribution in [0.1, 0.15) is 24.5 Å². The molecular formula is C15H15F3O4S. The van der Waals surface area contributed by atoms with Crippen LogP contribution in [0, 0.1) is 0 Å². The molecule has 8 heteroatoms. The number of carbonyl (C=O) groups excluding carboxylic acids is 1. The molecule has 0 saturated carbocycles. The maximum atomic E-state index is 12.9. The normalized spacial score (nSPS) is 21.2. The maximum absolute atomic E-state index is 12.9. The van der Waals surface area contributed by atoms with E-state index in [1.165, 1.54) is 25.1 Å². The SMILES string of the molecule is C/C(=C/C(=O)O[C@@H]1CCS(=O)(=O)C1)c1ccccc1C(F)(F)F. The Bertz CT molecular complexity index is 735. The molecule has 0 N–H and O–H groups in total. The molecule has 23 heavy (non-hydrogen) atoms. The molecule has 126 valence electrons. The highest BCUT2D eigenvalue weighted by Gasteiger charge is 2.33. The van der Waals surface area contributed by atoms with Crippen LogP contribution in [0.5, 0.6) is 0 Å². The largest absolute Gasteiger partial charge is 0.458 e. The van der Waals surface area contributed by atoms with E-state index in [2.05, 4.69) is 0 Å². The molecule has 0 aromatic heterocycles. The predicted molar refractivity (Wildman–Crippen MR) is 78.2 cm³/mol. The van der Waals surface area contributed by atoms with Gasteiger partial charge in [0.1, 0.15) is 6.10 Å². The van der Waals surface area contributed by atoms with Crippen LogP contribution in [0.4, 0.5) is 13.2 Å². The Morgan fingerprint density at radius 2 is 1.96 bits per heavy atom. The lowest BCUT2D eigenvalue weighted by Crippen LogP contribution is -2.18. The van der Waals surface area contributed by atoms with Crippen molar-refractivity contribution in [3.63, 3.8) is 0 Å². The van der Waals surface area contributed by atoms with E-state index in [0.717, 1.165) is 12.1 Å². The van der Waals surface area contributed by atoms with Gasteiger partial charge in [0.05, 0.1) is 17.1 Å². The Labute approximate surface area is 131 Å². The van der Waals surface area contributed by atoms with Crippen molar-refractivity contribution in [2.75, 3.05) is 11.5 Å². The van der Waals surface area contributed by atoms with Crippen molar-refractivity contribution >= 4 is 21.4 Å². The third-order valence-corrected chi connectivity index (χ3v) is 5.20. The fourth-order valence-corrected chi connectivity index (χ4v) is 3.97. The quantitative estimate of drug-likeness (QED) is 0.623. The molecule has 0 amide bonds. The summed E-state index contributed by atoms with van der Waals surface area (Å²) in [5.74, 6) is -1.14. The molecule has 1 fully saturated rings. The first-order valence-electron chi connectivity index (χ1n) is 6.84. The Balaban J connectivity index is 2.16. The molecule has 0 aliphatic carbocycles. The summed E-state index contributed by atoms with van der Waals surface area (Å²) >= 11 is 0. The third kappa shape index (κ3) is 4.57. The standard InChI is InChI=1S/C15H15F3O4S/c1-10(12-4-2-3-5-13(12)15(16,17)18)8-14(19)22-11-6-7-23(20,21)9-11/h2-5,8,11H,6-7,9H2,1H3/b10-8-/t11-/m1/s1. The van der Waals surface area contributed by atoms with Gasteiger partial charge in [-0.2, -0.15) is 13.2 Å². The van der Waals surface area contributed by atoms with Crippen LogP contribution in [0.2, 0.25) is 0 Å². The number of carbonyl (C=O) groups is 1. The number of halogens is 3. The van der Waals surface area contributed by atoms with Crippen LogP contribution in [0.3, 0.4) is 0 Å². The fraction of sp³-hybridized carbons (Fsp3) is 0.400. The van der Waals surface area contributed by atoms with Gasteiger partial charge in [-0.05, 0) is 30.5 Å². The molecule has 4 nitrogen and oxygen atoms in total. The molecule has 0 radical (unpaired) electrons. The zero-order valence-corrected chi connectivity index (χ0v) is 13.1. The molecule has 0 bridgehead atoms. The summed E-state index contributed by atoms with van der Waals surface area (Å²) in [6.07, 6.45) is -4.11. The molecule has 1 aliphatic rings. The maximum Gasteiger partial charge on any atom is 0.416 e. The van der Waals surface area contributed by atoms with Crippen molar-refractivity contribution in [2.24, 2.45) is 0 Å². The highest BCUT2D eigenvalue weighted by atomic mass is 32.2. The predicted octanol–water partition coefficient (Wildman–Crippen LogP) is 2.84. The Morgan fingerprint density at radius 3 is 2.52 bits per heavy atom. The van der Waals surface area contributed by atoms with E-state index in [1.807, 2.05) is 0 Å². The van der Waals surface area contributed by atoms with E-state index in [0.29, 0.717) is 0 Å². The zero-order valence-electron chi connectivity index (χ0n) is 12.3. The Hall–Kier alpha value is -1.83. The van der Waals surface area contributed by atoms with Gasteiger partial charge < -0.3 is 4.74 Å². The summed E-state index contributed by atoms with van der Waals surface area (Å²) in [4.78, 5) is 11.8. The van der Waals surface area contributed by atoms with E-state index in [-0.39, 0.29) is 29.1 Å². The van der Waals surface area contributed by atoms with Gasteiger partial charge in [0.25, 0.3) is 0 Å². The van der Waals surface area contributed by atoms with Crippen molar-refractivity contribution in [2.45, 2.75) is 25.6 Å². The lowest BCUT2D eigenvalue weighted by Gasteiger charge is -2.13. The van der Waals surface area contributed by atoms with Crippen molar-refractivity contribution in [3.05, 3.63) is 41.5 Å². The van der Waals surface area contributed by atoms with Gasteiger partial charge in [-0.25, -0.2) is 13.2 Å². The molecule has 1 saturated heterocycles. The van der Waals surface area contributed by atoms with Gasteiger partial charge in [-0.1, -0.05) is 18.2 Å². The number of alkyl halides is 3. The van der Waals surface area contributed by atoms with E-state index in [1.54, 1.807) is 0 Å². The van der Waals surface area contributed by atoms with Gasteiger partial charge in [-0.3, -0.25) is 0 Å². The zero-order chi connectivity index (χ0) is 17.3. The van der Waals surface area contributed by atoms with Gasteiger partial charge in [0.2, 0.25) is 0 Å². The van der Waals surface area contributed by atoms with Gasteiger partial charge in [0.15, 0.2) is 9.84 Å². The summed E-state index contributed by atoms with van der Waals surface area (Å²) in [6.45, 7) is 1.37. The molecule has 2 rings (SSSR count). The van der Waals surface area contributed by atoms with Crippen LogP contribution in [-0.4, -0.2) is 32.0 Å². The topological polar surface area (TPSA) is 60.4 Å². The van der Waals surface area contributed by atoms with Crippen molar-refractivity contribution in [3.8, 4) is 0 Å². The molecule has 1 heterocycles. The van der Waals surface area contributed by atoms with Crippen LogP contribution in [-0.2, 0) is 25.5 Å². The highest BCUT2D eigenvalue weighted by molar-refractivity contribution is 7.91. The summed E-state index contributed by atoms with van der Waals surface area (Å²) in [5, 5.41) is 0. The number of allylic oxidation sites excluding steroid dienone is 1. The number of esters is 1. The first-order valence-corrected chi connectivity index (χ1v) is 8.66. The molecule has 1 aliphatic heterocycles. The second kappa shape index (κ2) is 6.35. The van der Waals surface area contributed by atoms with E-state index in [4.69, 9.17) is 4.74 Å². The average molecular weight is 348 g/mol. The van der Waals surface area contributed by atoms with Gasteiger partial charge in [-0.15, -0.1) is 0 Å². The number of sulfone groups is 1. The summed E-state index contributed by atoms with van der Waals surface area (Å²) in [7, 11) is -3.19. The minimum Gasteiger partial charge on any atom is -0.458 e. The summed E-state index contributed by atoms with van der Waals surface area (Å²) in [6, 6.07) is 4.90. The second-order valence-corrected chi connectivity index (χ2v) is 7.56. The molecule has 0 unspecified atom stereocenters. The number of hydrogen-bond donors (Lipinski definition) is 0. The van der Waals surface area contributed by atoms with Crippen molar-refractivity contribution in [1.82, 2.24) is 0 Å².